The predicted octanol–water partition coefficient (Wildman–Crippen LogP) is 1.81. The number of aliphatic hydroxyl groups is 1. The van der Waals surface area contributed by atoms with Gasteiger partial charge < -0.3 is 25.4 Å². The summed E-state index contributed by atoms with van der Waals surface area (Å²) in [7, 11) is -3.93. The first-order chi connectivity index (χ1) is 23.3. The fourth-order valence-electron chi connectivity index (χ4n) is 6.82. The summed E-state index contributed by atoms with van der Waals surface area (Å²) >= 11 is 0. The fourth-order valence-corrected chi connectivity index (χ4v) is 8.18. The molecule has 2 saturated carbocycles. The van der Waals surface area contributed by atoms with Gasteiger partial charge in [0.15, 0.2) is 5.76 Å². The van der Waals surface area contributed by atoms with Crippen LogP contribution in [0.5, 0.6) is 0 Å². The largest absolute Gasteiger partial charge is 0.503 e. The van der Waals surface area contributed by atoms with Gasteiger partial charge >= 0.3 is 6.09 Å². The van der Waals surface area contributed by atoms with Crippen molar-refractivity contribution in [2.24, 2.45) is 5.92 Å². The van der Waals surface area contributed by atoms with Crippen LogP contribution in [0.1, 0.15) is 68.9 Å². The Kier molecular flexibility index (Phi) is 9.44. The van der Waals surface area contributed by atoms with Gasteiger partial charge in [-0.2, -0.15) is 0 Å². The number of aliphatic hydroxyl groups excluding tert-OH is 1. The Morgan fingerprint density at radius 1 is 1.10 bits per heavy atom. The smallest absolute Gasteiger partial charge is 0.410 e. The average molecular weight is 702 g/mol. The number of allylic oxidation sites excluding steroid dienone is 1. The van der Waals surface area contributed by atoms with E-state index in [2.05, 4.69) is 21.9 Å². The van der Waals surface area contributed by atoms with Crippen molar-refractivity contribution in [1.82, 2.24) is 25.2 Å². The molecule has 0 unspecified atom stereocenters. The molecule has 1 aromatic carbocycles. The lowest BCUT2D eigenvalue weighted by molar-refractivity contribution is -0.142. The molecule has 4 N–H and O–H groups in total. The van der Waals surface area contributed by atoms with E-state index >= 15 is 0 Å². The third-order valence-electron chi connectivity index (χ3n) is 9.86. The molecule has 0 spiro atoms. The van der Waals surface area contributed by atoms with E-state index in [1.807, 2.05) is 6.08 Å². The molecule has 5 aliphatic rings. The number of carbonyl (C=O) groups is 5. The second-order valence-corrected chi connectivity index (χ2v) is 15.4. The van der Waals surface area contributed by atoms with E-state index in [9.17, 15) is 41.9 Å². The maximum Gasteiger partial charge on any atom is 0.410 e. The van der Waals surface area contributed by atoms with Crippen LogP contribution in [-0.2, 0) is 47.0 Å². The van der Waals surface area contributed by atoms with Crippen LogP contribution >= 0.6 is 0 Å². The lowest BCUT2D eigenvalue weighted by Gasteiger charge is -2.29. The predicted molar refractivity (Wildman–Crippen MR) is 171 cm³/mol. The topological polar surface area (TPSA) is 192 Å². The summed E-state index contributed by atoms with van der Waals surface area (Å²) in [6, 6.07) is 2.13. The Labute approximate surface area is 283 Å². The molecule has 0 radical (unpaired) electrons. The van der Waals surface area contributed by atoms with E-state index in [-0.39, 0.29) is 38.9 Å². The number of nitrogens with one attached hydrogen (secondary N) is 3. The SMILES string of the molecule is C=C(O)C(=O)N[C@H]1CCCCC/C=C\[C@@H]2C[C@@]2(C(=O)NS(=O)(=O)C2CC2)NC(=O)[C@@H]2C[C@@H](OC(=O)N3Cc4cccc(F)c4C3)CN2C1=O. The Morgan fingerprint density at radius 3 is 2.59 bits per heavy atom. The molecule has 49 heavy (non-hydrogen) atoms. The van der Waals surface area contributed by atoms with Crippen molar-refractivity contribution >= 4 is 39.7 Å². The monoisotopic (exact) mass is 701 g/mol. The minimum Gasteiger partial charge on any atom is -0.503 e. The summed E-state index contributed by atoms with van der Waals surface area (Å²) in [5.74, 6) is -4.99. The van der Waals surface area contributed by atoms with Crippen LogP contribution in [0.4, 0.5) is 9.18 Å². The zero-order valence-corrected chi connectivity index (χ0v) is 27.7. The number of rotatable bonds is 6. The number of nitrogens with zero attached hydrogens (tertiary/aromatic N) is 2. The summed E-state index contributed by atoms with van der Waals surface area (Å²) < 4.78 is 47.6. The summed E-state index contributed by atoms with van der Waals surface area (Å²) in [5, 5.41) is 14.2. The highest BCUT2D eigenvalue weighted by molar-refractivity contribution is 7.91. The lowest BCUT2D eigenvalue weighted by atomic mass is 10.0. The van der Waals surface area contributed by atoms with Crippen molar-refractivity contribution < 1.29 is 46.6 Å². The Bertz CT molecular complexity index is 1710. The molecule has 6 rings (SSSR count). The molecule has 5 amide bonds. The highest BCUT2D eigenvalue weighted by Gasteiger charge is 2.62. The van der Waals surface area contributed by atoms with Crippen LogP contribution in [-0.4, -0.2) is 88.6 Å². The molecule has 2 aliphatic carbocycles. The first-order valence-electron chi connectivity index (χ1n) is 16.5. The van der Waals surface area contributed by atoms with E-state index < -0.39 is 86.2 Å². The van der Waals surface area contributed by atoms with Crippen LogP contribution in [0.25, 0.3) is 0 Å². The molecule has 264 valence electrons. The van der Waals surface area contributed by atoms with Crippen LogP contribution in [0.2, 0.25) is 0 Å². The van der Waals surface area contributed by atoms with Crippen molar-refractivity contribution in [2.75, 3.05) is 6.54 Å². The van der Waals surface area contributed by atoms with E-state index in [1.54, 1.807) is 18.2 Å². The fraction of sp³-hybridized carbons (Fsp3) is 0.545. The molecule has 16 heteroatoms. The molecule has 1 aromatic rings. The van der Waals surface area contributed by atoms with Crippen LogP contribution < -0.4 is 15.4 Å². The number of ether oxygens (including phenoxy) is 1. The van der Waals surface area contributed by atoms with E-state index in [0.29, 0.717) is 43.2 Å². The summed E-state index contributed by atoms with van der Waals surface area (Å²) in [6.07, 6.45) is 5.50. The molecule has 0 bridgehead atoms. The molecular formula is C33H40FN5O9S. The van der Waals surface area contributed by atoms with Gasteiger partial charge in [0.1, 0.15) is 29.5 Å². The van der Waals surface area contributed by atoms with Crippen molar-refractivity contribution in [3.63, 3.8) is 0 Å². The quantitative estimate of drug-likeness (QED) is 0.195. The number of fused-ring (bicyclic) bond motifs is 3. The van der Waals surface area contributed by atoms with Gasteiger partial charge in [0.2, 0.25) is 21.8 Å². The minimum atomic E-state index is -3.93. The third-order valence-corrected chi connectivity index (χ3v) is 11.7. The zero-order chi connectivity index (χ0) is 35.1. The van der Waals surface area contributed by atoms with Gasteiger partial charge in [0, 0.05) is 24.4 Å². The average Bonchev–Trinajstić information content (AvgIpc) is 3.93. The van der Waals surface area contributed by atoms with Gasteiger partial charge in [0.05, 0.1) is 18.3 Å². The second kappa shape index (κ2) is 13.4. The molecule has 0 aromatic heterocycles. The van der Waals surface area contributed by atoms with Crippen LogP contribution in [0, 0.1) is 11.7 Å². The van der Waals surface area contributed by atoms with E-state index in [0.717, 1.165) is 6.42 Å². The molecular weight excluding hydrogens is 661 g/mol. The van der Waals surface area contributed by atoms with Gasteiger partial charge in [-0.05, 0) is 50.2 Å². The zero-order valence-electron chi connectivity index (χ0n) is 26.9. The normalized spacial score (nSPS) is 29.2. The first kappa shape index (κ1) is 34.4. The lowest BCUT2D eigenvalue weighted by Crippen LogP contribution is -2.58. The number of benzene rings is 1. The number of halogens is 1. The van der Waals surface area contributed by atoms with Crippen molar-refractivity contribution in [3.05, 3.63) is 59.6 Å². The first-order valence-corrected chi connectivity index (χ1v) is 18.1. The summed E-state index contributed by atoms with van der Waals surface area (Å²) in [5.41, 5.74) is -0.570. The highest BCUT2D eigenvalue weighted by atomic mass is 32.2. The number of carbonyl (C=O) groups excluding carboxylic acids is 5. The van der Waals surface area contributed by atoms with Gasteiger partial charge in [-0.3, -0.25) is 28.8 Å². The molecule has 5 atom stereocenters. The van der Waals surface area contributed by atoms with Gasteiger partial charge in [-0.1, -0.05) is 43.7 Å². The second-order valence-electron chi connectivity index (χ2n) is 13.5. The van der Waals surface area contributed by atoms with Gasteiger partial charge in [0.25, 0.3) is 11.8 Å². The summed E-state index contributed by atoms with van der Waals surface area (Å²) in [4.78, 5) is 69.8. The van der Waals surface area contributed by atoms with Crippen molar-refractivity contribution in [2.45, 2.75) is 99.9 Å². The maximum atomic E-state index is 14.3. The molecule has 3 heterocycles. The standard InChI is InChI=1S/C33H40FN5O9S/c1-19(40)28(41)35-26-11-6-4-2-3-5-9-21-15-33(21,31(44)37-49(46,47)23-12-13-23)36-29(42)27-14-22(17-39(27)30(26)43)48-32(45)38-16-20-8-7-10-25(34)24(20)18-38/h5,7-10,21-23,26-27,40H,1-4,6,11-18H2,(H,35,41)(H,36,42)(H,37,44)/b9-5-/t21-,22-,26+,27+,33-/m1/s1. The highest BCUT2D eigenvalue weighted by Crippen LogP contribution is 2.46. The Balaban J connectivity index is 1.25. The number of sulfonamides is 1. The molecule has 3 fully saturated rings. The number of amides is 5. The minimum absolute atomic E-state index is 0.0183. The van der Waals surface area contributed by atoms with Crippen molar-refractivity contribution in [3.8, 4) is 0 Å². The third kappa shape index (κ3) is 7.28. The number of hydrogen-bond acceptors (Lipinski definition) is 9. The summed E-state index contributed by atoms with van der Waals surface area (Å²) in [6.45, 7) is 3.08. The van der Waals surface area contributed by atoms with E-state index in [1.165, 1.54) is 15.9 Å². The Hall–Kier alpha value is -4.47. The Morgan fingerprint density at radius 2 is 1.88 bits per heavy atom. The van der Waals surface area contributed by atoms with Gasteiger partial charge in [-0.25, -0.2) is 17.6 Å². The number of hydrogen-bond donors (Lipinski definition) is 4. The van der Waals surface area contributed by atoms with E-state index in [4.69, 9.17) is 4.74 Å². The van der Waals surface area contributed by atoms with Crippen molar-refractivity contribution in [1.29, 1.82) is 0 Å². The molecule has 14 nitrogen and oxygen atoms in total. The molecule has 1 saturated heterocycles. The maximum absolute atomic E-state index is 14.3. The molecule has 3 aliphatic heterocycles. The van der Waals surface area contributed by atoms with Crippen LogP contribution in [0.3, 0.4) is 0 Å². The van der Waals surface area contributed by atoms with Crippen LogP contribution in [0.15, 0.2) is 42.7 Å². The van der Waals surface area contributed by atoms with Gasteiger partial charge in [-0.15, -0.1) is 0 Å².